The van der Waals surface area contributed by atoms with Gasteiger partial charge in [-0.25, -0.2) is 4.98 Å². The van der Waals surface area contributed by atoms with Crippen LogP contribution in [0.15, 0.2) is 18.3 Å². The van der Waals surface area contributed by atoms with Gasteiger partial charge >= 0.3 is 5.97 Å². The van der Waals surface area contributed by atoms with Gasteiger partial charge in [0.05, 0.1) is 5.56 Å². The van der Waals surface area contributed by atoms with Gasteiger partial charge in [0.1, 0.15) is 11.9 Å². The van der Waals surface area contributed by atoms with E-state index in [2.05, 4.69) is 17.2 Å². The fourth-order valence-corrected chi connectivity index (χ4v) is 2.14. The first-order chi connectivity index (χ1) is 9.65. The van der Waals surface area contributed by atoms with E-state index in [9.17, 15) is 4.79 Å². The lowest BCUT2D eigenvalue weighted by molar-refractivity contribution is -0.137. The Balaban J connectivity index is 2.35. The minimum atomic E-state index is -0.729. The Morgan fingerprint density at radius 3 is 2.80 bits per heavy atom. The predicted octanol–water partition coefficient (Wildman–Crippen LogP) is 3.04. The van der Waals surface area contributed by atoms with Crippen molar-refractivity contribution in [2.45, 2.75) is 39.0 Å². The molecule has 5 nitrogen and oxygen atoms in total. The van der Waals surface area contributed by atoms with Crippen molar-refractivity contribution >= 4 is 11.8 Å². The molecule has 0 spiro atoms. The average molecular weight is 275 g/mol. The van der Waals surface area contributed by atoms with Crippen LogP contribution >= 0.6 is 0 Å². The molecule has 108 valence electrons. The molecule has 5 heteroatoms. The third-order valence-corrected chi connectivity index (χ3v) is 3.21. The van der Waals surface area contributed by atoms with E-state index in [0.29, 0.717) is 11.5 Å². The monoisotopic (exact) mass is 275 g/mol. The number of nitrogens with zero attached hydrogens (tertiary/aromatic N) is 2. The molecule has 1 aromatic heterocycles. The molecule has 1 aromatic rings. The lowest BCUT2D eigenvalue weighted by atomic mass is 9.94. The Hall–Kier alpha value is -2.09. The van der Waals surface area contributed by atoms with Gasteiger partial charge in [0.25, 0.3) is 0 Å². The lowest BCUT2D eigenvalue weighted by Gasteiger charge is -2.15. The smallest absolute Gasteiger partial charge is 0.303 e. The highest BCUT2D eigenvalue weighted by atomic mass is 16.4. The van der Waals surface area contributed by atoms with Crippen LogP contribution in [0.5, 0.6) is 0 Å². The van der Waals surface area contributed by atoms with Crippen molar-refractivity contribution in [3.8, 4) is 6.07 Å². The lowest BCUT2D eigenvalue weighted by Crippen LogP contribution is -2.11. The minimum Gasteiger partial charge on any atom is -0.481 e. The number of nitriles is 1. The van der Waals surface area contributed by atoms with Gasteiger partial charge in [0, 0.05) is 19.2 Å². The Morgan fingerprint density at radius 1 is 1.45 bits per heavy atom. The first-order valence-corrected chi connectivity index (χ1v) is 6.97. The number of hydrogen-bond acceptors (Lipinski definition) is 4. The summed E-state index contributed by atoms with van der Waals surface area (Å²) in [6.45, 7) is 2.88. The summed E-state index contributed by atoms with van der Waals surface area (Å²) in [6.07, 6.45) is 5.56. The van der Waals surface area contributed by atoms with E-state index in [1.807, 2.05) is 6.07 Å². The molecule has 0 saturated carbocycles. The van der Waals surface area contributed by atoms with E-state index >= 15 is 0 Å². The second-order valence-electron chi connectivity index (χ2n) is 4.85. The number of pyridine rings is 1. The zero-order chi connectivity index (χ0) is 14.8. The van der Waals surface area contributed by atoms with Crippen molar-refractivity contribution in [2.24, 2.45) is 5.92 Å². The van der Waals surface area contributed by atoms with Crippen molar-refractivity contribution < 1.29 is 9.90 Å². The van der Waals surface area contributed by atoms with Crippen molar-refractivity contribution in [2.75, 3.05) is 11.9 Å². The summed E-state index contributed by atoms with van der Waals surface area (Å²) >= 11 is 0. The summed E-state index contributed by atoms with van der Waals surface area (Å²) in [7, 11) is 0. The molecule has 0 aliphatic heterocycles. The number of aromatic nitrogens is 1. The van der Waals surface area contributed by atoms with Gasteiger partial charge in [-0.3, -0.25) is 4.79 Å². The molecule has 0 aromatic carbocycles. The van der Waals surface area contributed by atoms with Crippen LogP contribution in [-0.2, 0) is 4.79 Å². The van der Waals surface area contributed by atoms with E-state index in [4.69, 9.17) is 10.4 Å². The number of aliphatic carboxylic acids is 1. The zero-order valence-corrected chi connectivity index (χ0v) is 11.8. The molecule has 0 aliphatic carbocycles. The van der Waals surface area contributed by atoms with Gasteiger partial charge in [0.15, 0.2) is 0 Å². The van der Waals surface area contributed by atoms with E-state index in [1.54, 1.807) is 12.1 Å². The van der Waals surface area contributed by atoms with Crippen molar-refractivity contribution in [3.05, 3.63) is 23.9 Å². The van der Waals surface area contributed by atoms with Gasteiger partial charge in [0.2, 0.25) is 0 Å². The topological polar surface area (TPSA) is 86.0 Å². The van der Waals surface area contributed by atoms with Crippen molar-refractivity contribution in [1.82, 2.24) is 4.98 Å². The number of rotatable bonds is 9. The highest BCUT2D eigenvalue weighted by molar-refractivity contribution is 5.66. The van der Waals surface area contributed by atoms with Crippen LogP contribution < -0.4 is 5.32 Å². The van der Waals surface area contributed by atoms with E-state index in [0.717, 1.165) is 38.0 Å². The first kappa shape index (κ1) is 16.0. The molecule has 1 atom stereocenters. The molecule has 0 amide bonds. The Kier molecular flexibility index (Phi) is 7.12. The zero-order valence-electron chi connectivity index (χ0n) is 11.8. The van der Waals surface area contributed by atoms with E-state index in [-0.39, 0.29) is 6.42 Å². The Morgan fingerprint density at radius 2 is 2.25 bits per heavy atom. The van der Waals surface area contributed by atoms with Gasteiger partial charge in [-0.1, -0.05) is 19.8 Å². The van der Waals surface area contributed by atoms with Crippen LogP contribution in [0.2, 0.25) is 0 Å². The normalized spacial score (nSPS) is 11.6. The third kappa shape index (κ3) is 6.19. The summed E-state index contributed by atoms with van der Waals surface area (Å²) < 4.78 is 0. The molecule has 0 fully saturated rings. The second kappa shape index (κ2) is 8.92. The van der Waals surface area contributed by atoms with Gasteiger partial charge in [-0.2, -0.15) is 5.26 Å². The second-order valence-corrected chi connectivity index (χ2v) is 4.85. The largest absolute Gasteiger partial charge is 0.481 e. The number of hydrogen-bond donors (Lipinski definition) is 2. The molecular weight excluding hydrogens is 254 g/mol. The Labute approximate surface area is 119 Å². The SMILES string of the molecule is CCCC(CCNc1ccc(C#N)cn1)CCC(=O)O. The van der Waals surface area contributed by atoms with Crippen LogP contribution in [-0.4, -0.2) is 22.6 Å². The third-order valence-electron chi connectivity index (χ3n) is 3.21. The van der Waals surface area contributed by atoms with Crippen molar-refractivity contribution in [1.29, 1.82) is 5.26 Å². The molecule has 0 aliphatic rings. The van der Waals surface area contributed by atoms with E-state index in [1.165, 1.54) is 6.20 Å². The molecule has 0 radical (unpaired) electrons. The molecule has 1 unspecified atom stereocenters. The quantitative estimate of drug-likeness (QED) is 0.723. The molecule has 1 heterocycles. The molecule has 20 heavy (non-hydrogen) atoms. The van der Waals surface area contributed by atoms with Gasteiger partial charge in [-0.15, -0.1) is 0 Å². The fraction of sp³-hybridized carbons (Fsp3) is 0.533. The maximum absolute atomic E-state index is 10.6. The fourth-order valence-electron chi connectivity index (χ4n) is 2.14. The molecular formula is C15H21N3O2. The van der Waals surface area contributed by atoms with Crippen LogP contribution in [0.25, 0.3) is 0 Å². The summed E-state index contributed by atoms with van der Waals surface area (Å²) in [5, 5.41) is 20.6. The van der Waals surface area contributed by atoms with Gasteiger partial charge < -0.3 is 10.4 Å². The minimum absolute atomic E-state index is 0.236. The molecule has 2 N–H and O–H groups in total. The average Bonchev–Trinajstić information content (AvgIpc) is 2.45. The number of carbonyl (C=O) groups is 1. The van der Waals surface area contributed by atoms with Crippen molar-refractivity contribution in [3.63, 3.8) is 0 Å². The standard InChI is InChI=1S/C15H21N3O2/c1-2-3-12(5-7-15(19)20)8-9-17-14-6-4-13(10-16)11-18-14/h4,6,11-12H,2-3,5,7-9H2,1H3,(H,17,18)(H,19,20). The number of anilines is 1. The van der Waals surface area contributed by atoms with Crippen LogP contribution in [0.4, 0.5) is 5.82 Å². The first-order valence-electron chi connectivity index (χ1n) is 6.97. The van der Waals surface area contributed by atoms with Crippen LogP contribution in [0.1, 0.15) is 44.6 Å². The summed E-state index contributed by atoms with van der Waals surface area (Å²) in [5.41, 5.74) is 0.542. The number of carboxylic acid groups (broad SMARTS) is 1. The highest BCUT2D eigenvalue weighted by Crippen LogP contribution is 2.18. The summed E-state index contributed by atoms with van der Waals surface area (Å²) in [4.78, 5) is 14.8. The maximum Gasteiger partial charge on any atom is 0.303 e. The highest BCUT2D eigenvalue weighted by Gasteiger charge is 2.10. The predicted molar refractivity (Wildman–Crippen MR) is 77.3 cm³/mol. The maximum atomic E-state index is 10.6. The molecule has 1 rings (SSSR count). The molecule has 0 saturated heterocycles. The van der Waals surface area contributed by atoms with Gasteiger partial charge in [-0.05, 0) is 30.9 Å². The van der Waals surface area contributed by atoms with Crippen LogP contribution in [0.3, 0.4) is 0 Å². The Bertz CT molecular complexity index is 451. The van der Waals surface area contributed by atoms with E-state index < -0.39 is 5.97 Å². The van der Waals surface area contributed by atoms with Crippen LogP contribution in [0, 0.1) is 17.2 Å². The number of carboxylic acids is 1. The molecule has 0 bridgehead atoms. The summed E-state index contributed by atoms with van der Waals surface area (Å²) in [5.74, 6) is 0.451. The summed E-state index contributed by atoms with van der Waals surface area (Å²) in [6, 6.07) is 5.53. The number of nitrogens with one attached hydrogen (secondary N) is 1.